The Kier molecular flexibility index (Phi) is 4.91. The lowest BCUT2D eigenvalue weighted by atomic mass is 9.72. The Morgan fingerprint density at radius 2 is 2.04 bits per heavy atom. The molecule has 1 spiro atoms. The number of nitrogens with zero attached hydrogens (tertiary/aromatic N) is 4. The maximum absolute atomic E-state index is 12.8. The molecule has 0 saturated carbocycles. The van der Waals surface area contributed by atoms with Gasteiger partial charge < -0.3 is 14.2 Å². The molecule has 28 heavy (non-hydrogen) atoms. The average Bonchev–Trinajstić information content (AvgIpc) is 3.04. The molecule has 2 fully saturated rings. The second-order valence-electron chi connectivity index (χ2n) is 8.05. The van der Waals surface area contributed by atoms with E-state index in [1.165, 1.54) is 0 Å². The molecule has 0 aliphatic carbocycles. The van der Waals surface area contributed by atoms with Gasteiger partial charge in [-0.2, -0.15) is 0 Å². The van der Waals surface area contributed by atoms with Gasteiger partial charge in [0.05, 0.1) is 5.69 Å². The lowest BCUT2D eigenvalue weighted by Crippen LogP contribution is -2.52. The number of rotatable bonds is 3. The number of oxazole rings is 1. The second-order valence-corrected chi connectivity index (χ2v) is 8.05. The van der Waals surface area contributed by atoms with Gasteiger partial charge in [-0.25, -0.2) is 4.98 Å². The summed E-state index contributed by atoms with van der Waals surface area (Å²) in [6, 6.07) is 3.90. The first-order chi connectivity index (χ1) is 13.5. The predicted molar refractivity (Wildman–Crippen MR) is 102 cm³/mol. The van der Waals surface area contributed by atoms with E-state index in [0.717, 1.165) is 31.4 Å². The minimum Gasteiger partial charge on any atom is -0.436 e. The van der Waals surface area contributed by atoms with Gasteiger partial charge >= 0.3 is 0 Å². The molecule has 7 nitrogen and oxygen atoms in total. The zero-order valence-electron chi connectivity index (χ0n) is 16.5. The normalized spacial score (nSPS) is 19.3. The van der Waals surface area contributed by atoms with Crippen molar-refractivity contribution in [3.63, 3.8) is 0 Å². The van der Waals surface area contributed by atoms with E-state index in [1.54, 1.807) is 20.0 Å². The van der Waals surface area contributed by atoms with Crippen molar-refractivity contribution in [1.82, 2.24) is 19.8 Å². The van der Waals surface area contributed by atoms with E-state index in [0.29, 0.717) is 43.4 Å². The van der Waals surface area contributed by atoms with Gasteiger partial charge in [-0.3, -0.25) is 14.6 Å². The van der Waals surface area contributed by atoms with Gasteiger partial charge in [0.1, 0.15) is 0 Å². The number of pyridine rings is 1. The molecule has 2 aromatic rings. The van der Waals surface area contributed by atoms with Crippen molar-refractivity contribution in [2.45, 2.75) is 46.1 Å². The molecule has 7 heteroatoms. The van der Waals surface area contributed by atoms with Crippen LogP contribution in [0, 0.1) is 19.3 Å². The largest absolute Gasteiger partial charge is 0.436 e. The number of piperidine rings is 2. The van der Waals surface area contributed by atoms with Crippen LogP contribution in [0.4, 0.5) is 0 Å². The molecule has 0 aromatic carbocycles. The number of carbonyl (C=O) groups excluding carboxylic acids is 2. The average molecular weight is 382 g/mol. The first-order valence-electron chi connectivity index (χ1n) is 9.86. The summed E-state index contributed by atoms with van der Waals surface area (Å²) in [4.78, 5) is 37.4. The van der Waals surface area contributed by atoms with E-state index in [1.807, 2.05) is 28.1 Å². The Bertz CT molecular complexity index is 869. The van der Waals surface area contributed by atoms with Crippen LogP contribution in [0.1, 0.15) is 53.4 Å². The zero-order valence-corrected chi connectivity index (χ0v) is 16.5. The number of likely N-dealkylation sites (tertiary alicyclic amines) is 2. The Morgan fingerprint density at radius 1 is 1.25 bits per heavy atom. The van der Waals surface area contributed by atoms with Crippen molar-refractivity contribution in [3.05, 3.63) is 47.4 Å². The molecular weight excluding hydrogens is 356 g/mol. The number of hydrogen-bond acceptors (Lipinski definition) is 5. The highest BCUT2D eigenvalue weighted by Gasteiger charge is 2.42. The van der Waals surface area contributed by atoms with Gasteiger partial charge in [0.2, 0.25) is 11.7 Å². The molecular formula is C21H26N4O3. The van der Waals surface area contributed by atoms with E-state index in [-0.39, 0.29) is 17.2 Å². The fourth-order valence-corrected chi connectivity index (χ4v) is 4.42. The topological polar surface area (TPSA) is 79.5 Å². The van der Waals surface area contributed by atoms with Crippen LogP contribution in [0.3, 0.4) is 0 Å². The molecule has 0 atom stereocenters. The summed E-state index contributed by atoms with van der Waals surface area (Å²) in [5.74, 6) is 1.00. The molecule has 148 valence electrons. The van der Waals surface area contributed by atoms with Crippen molar-refractivity contribution < 1.29 is 14.0 Å². The number of hydrogen-bond donors (Lipinski definition) is 0. The lowest BCUT2D eigenvalue weighted by Gasteiger charge is -2.47. The van der Waals surface area contributed by atoms with Gasteiger partial charge in [0.15, 0.2) is 5.89 Å². The van der Waals surface area contributed by atoms with Crippen molar-refractivity contribution in [2.75, 3.05) is 19.6 Å². The standard InChI is InChI=1S/C21H26N4O3/c1-15-19(28-16(2)23-15)20(27)24-10-7-21(8-11-24)6-5-18(26)25(14-21)13-17-4-3-9-22-12-17/h3-4,9,12H,5-8,10-11,13-14H2,1-2H3. The quantitative estimate of drug-likeness (QED) is 0.815. The van der Waals surface area contributed by atoms with Gasteiger partial charge in [-0.05, 0) is 43.2 Å². The van der Waals surface area contributed by atoms with Crippen LogP contribution in [-0.4, -0.2) is 51.2 Å². The number of aryl methyl sites for hydroxylation is 2. The number of aromatic nitrogens is 2. The molecule has 4 rings (SSSR count). The SMILES string of the molecule is Cc1nc(C)c(C(=O)N2CCC3(CCC(=O)N(Cc4cccnc4)C3)CC2)o1. The molecule has 2 aromatic heterocycles. The van der Waals surface area contributed by atoms with Crippen LogP contribution in [0.25, 0.3) is 0 Å². The zero-order chi connectivity index (χ0) is 19.7. The Hall–Kier alpha value is -2.70. The molecule has 2 aliphatic rings. The smallest absolute Gasteiger partial charge is 0.291 e. The maximum atomic E-state index is 12.8. The summed E-state index contributed by atoms with van der Waals surface area (Å²) in [5, 5.41) is 0. The van der Waals surface area contributed by atoms with Crippen LogP contribution >= 0.6 is 0 Å². The van der Waals surface area contributed by atoms with Gasteiger partial charge in [-0.15, -0.1) is 0 Å². The van der Waals surface area contributed by atoms with Crippen LogP contribution in [0.15, 0.2) is 28.9 Å². The third-order valence-electron chi connectivity index (χ3n) is 6.05. The second kappa shape index (κ2) is 7.37. The van der Waals surface area contributed by atoms with E-state index in [9.17, 15) is 9.59 Å². The highest BCUT2D eigenvalue weighted by molar-refractivity contribution is 5.92. The lowest BCUT2D eigenvalue weighted by molar-refractivity contribution is -0.139. The first-order valence-corrected chi connectivity index (χ1v) is 9.86. The Morgan fingerprint density at radius 3 is 2.68 bits per heavy atom. The molecule has 0 bridgehead atoms. The van der Waals surface area contributed by atoms with Crippen LogP contribution in [0.2, 0.25) is 0 Å². The molecule has 2 saturated heterocycles. The third kappa shape index (κ3) is 3.66. The Labute approximate surface area is 164 Å². The van der Waals surface area contributed by atoms with E-state index in [4.69, 9.17) is 4.42 Å². The van der Waals surface area contributed by atoms with Crippen molar-refractivity contribution in [1.29, 1.82) is 0 Å². The van der Waals surface area contributed by atoms with Crippen LogP contribution in [-0.2, 0) is 11.3 Å². The monoisotopic (exact) mass is 382 g/mol. The van der Waals surface area contributed by atoms with Crippen molar-refractivity contribution in [2.24, 2.45) is 5.41 Å². The summed E-state index contributed by atoms with van der Waals surface area (Å²) in [7, 11) is 0. The van der Waals surface area contributed by atoms with Crippen molar-refractivity contribution >= 4 is 11.8 Å². The number of amides is 2. The fourth-order valence-electron chi connectivity index (χ4n) is 4.42. The van der Waals surface area contributed by atoms with E-state index < -0.39 is 0 Å². The summed E-state index contributed by atoms with van der Waals surface area (Å²) in [6.45, 7) is 6.29. The minimum atomic E-state index is -0.0768. The summed E-state index contributed by atoms with van der Waals surface area (Å²) in [6.07, 6.45) is 6.85. The van der Waals surface area contributed by atoms with Crippen molar-refractivity contribution in [3.8, 4) is 0 Å². The van der Waals surface area contributed by atoms with Gasteiger partial charge in [0.25, 0.3) is 5.91 Å². The molecule has 0 N–H and O–H groups in total. The molecule has 2 amide bonds. The van der Waals surface area contributed by atoms with Gasteiger partial charge in [-0.1, -0.05) is 6.07 Å². The Balaban J connectivity index is 1.41. The minimum absolute atomic E-state index is 0.0768. The van der Waals surface area contributed by atoms with Gasteiger partial charge in [0, 0.05) is 51.9 Å². The summed E-state index contributed by atoms with van der Waals surface area (Å²) in [5.41, 5.74) is 1.80. The highest BCUT2D eigenvalue weighted by atomic mass is 16.4. The maximum Gasteiger partial charge on any atom is 0.291 e. The highest BCUT2D eigenvalue weighted by Crippen LogP contribution is 2.41. The third-order valence-corrected chi connectivity index (χ3v) is 6.05. The summed E-state index contributed by atoms with van der Waals surface area (Å²) >= 11 is 0. The molecule has 4 heterocycles. The first kappa shape index (κ1) is 18.7. The van der Waals surface area contributed by atoms with E-state index in [2.05, 4.69) is 9.97 Å². The fraction of sp³-hybridized carbons (Fsp3) is 0.524. The number of carbonyl (C=O) groups is 2. The molecule has 2 aliphatic heterocycles. The molecule has 0 unspecified atom stereocenters. The van der Waals surface area contributed by atoms with E-state index >= 15 is 0 Å². The van der Waals surface area contributed by atoms with Crippen LogP contribution in [0.5, 0.6) is 0 Å². The predicted octanol–water partition coefficient (Wildman–Crippen LogP) is 2.73. The molecule has 0 radical (unpaired) electrons. The van der Waals surface area contributed by atoms with Crippen LogP contribution < -0.4 is 0 Å². The summed E-state index contributed by atoms with van der Waals surface area (Å²) < 4.78 is 5.50.